The van der Waals surface area contributed by atoms with E-state index in [4.69, 9.17) is 5.11 Å². The minimum Gasteiger partial charge on any atom is -0.476 e. The van der Waals surface area contributed by atoms with Crippen LogP contribution in [0, 0.1) is 0 Å². The fourth-order valence-electron chi connectivity index (χ4n) is 0.703. The summed E-state index contributed by atoms with van der Waals surface area (Å²) >= 11 is 0. The summed E-state index contributed by atoms with van der Waals surface area (Å²) in [6, 6.07) is 0. The van der Waals surface area contributed by atoms with E-state index in [-0.39, 0.29) is 11.4 Å². The Morgan fingerprint density at radius 2 is 2.36 bits per heavy atom. The van der Waals surface area contributed by atoms with Gasteiger partial charge in [-0.25, -0.2) is 9.18 Å². The molecule has 60 valence electrons. The normalized spacial score (nSPS) is 10.0. The largest absolute Gasteiger partial charge is 0.476 e. The molecule has 1 aromatic rings. The van der Waals surface area contributed by atoms with Crippen LogP contribution >= 0.6 is 0 Å². The Morgan fingerprint density at radius 1 is 1.73 bits per heavy atom. The van der Waals surface area contributed by atoms with Crippen molar-refractivity contribution in [2.75, 3.05) is 0 Å². The lowest BCUT2D eigenvalue weighted by Gasteiger charge is -1.85. The summed E-state index contributed by atoms with van der Waals surface area (Å²) in [5.74, 6) is -1.26. The molecule has 0 aliphatic heterocycles. The van der Waals surface area contributed by atoms with E-state index in [1.807, 2.05) is 0 Å². The molecule has 0 saturated carbocycles. The molecule has 11 heavy (non-hydrogen) atoms. The molecule has 1 heterocycles. The highest BCUT2D eigenvalue weighted by molar-refractivity contribution is 5.86. The zero-order valence-electron chi connectivity index (χ0n) is 5.78. The Kier molecular flexibility index (Phi) is 1.84. The van der Waals surface area contributed by atoms with Gasteiger partial charge in [-0.1, -0.05) is 0 Å². The fourth-order valence-corrected chi connectivity index (χ4v) is 0.703. The zero-order chi connectivity index (χ0) is 8.43. The van der Waals surface area contributed by atoms with E-state index in [1.165, 1.54) is 7.05 Å². The first kappa shape index (κ1) is 7.64. The van der Waals surface area contributed by atoms with Crippen LogP contribution in [0.2, 0.25) is 0 Å². The number of hydrogen-bond donors (Lipinski definition) is 1. The molecule has 0 radical (unpaired) electrons. The summed E-state index contributed by atoms with van der Waals surface area (Å²) < 4.78 is 12.0. The Hall–Kier alpha value is -1.46. The van der Waals surface area contributed by atoms with E-state index >= 15 is 0 Å². The number of carbonyl (C=O) groups is 1. The van der Waals surface area contributed by atoms with Crippen molar-refractivity contribution in [3.8, 4) is 0 Å². The van der Waals surface area contributed by atoms with Crippen molar-refractivity contribution >= 4 is 5.97 Å². The predicted octanol–water partition coefficient (Wildman–Crippen LogP) is -0.0172. The molecular weight excluding hydrogens is 153 g/mol. The van der Waals surface area contributed by atoms with Crippen molar-refractivity contribution in [1.82, 2.24) is 15.0 Å². The van der Waals surface area contributed by atoms with Gasteiger partial charge in [-0.2, -0.15) is 9.90 Å². The Morgan fingerprint density at radius 3 is 2.73 bits per heavy atom. The predicted molar refractivity (Wildman–Crippen MR) is 32.8 cm³/mol. The number of aromatic carboxylic acids is 1. The minimum atomic E-state index is -1.26. The molecule has 0 aliphatic carbocycles. The maximum absolute atomic E-state index is 12.0. The summed E-state index contributed by atoms with van der Waals surface area (Å²) in [5, 5.41) is 15.4. The smallest absolute Gasteiger partial charge is 0.358 e. The molecular formula is C5H6FN3O2. The molecule has 0 atom stereocenters. The Labute approximate surface area is 61.4 Å². The molecule has 0 amide bonds. The van der Waals surface area contributed by atoms with Crippen LogP contribution < -0.4 is 0 Å². The van der Waals surface area contributed by atoms with Gasteiger partial charge in [-0.05, 0) is 0 Å². The molecule has 0 unspecified atom stereocenters. The van der Waals surface area contributed by atoms with Gasteiger partial charge in [-0.15, -0.1) is 5.10 Å². The molecule has 0 aromatic carbocycles. The third-order valence-corrected chi connectivity index (χ3v) is 1.11. The summed E-state index contributed by atoms with van der Waals surface area (Å²) in [7, 11) is 1.44. The van der Waals surface area contributed by atoms with Crippen LogP contribution in [0.3, 0.4) is 0 Å². The number of carboxylic acids is 1. The van der Waals surface area contributed by atoms with Gasteiger partial charge >= 0.3 is 5.97 Å². The SMILES string of the molecule is Cn1nc(CF)c(C(=O)O)n1. The van der Waals surface area contributed by atoms with Gasteiger partial charge in [0, 0.05) is 7.05 Å². The van der Waals surface area contributed by atoms with Crippen molar-refractivity contribution in [3.63, 3.8) is 0 Å². The molecule has 1 aromatic heterocycles. The van der Waals surface area contributed by atoms with Crippen molar-refractivity contribution in [2.45, 2.75) is 6.67 Å². The summed E-state index contributed by atoms with van der Waals surface area (Å²) in [6.45, 7) is -0.907. The standard InChI is InChI=1S/C5H6FN3O2/c1-9-7-3(2-6)4(8-9)5(10)11/h2H2,1H3,(H,10,11). The first-order valence-corrected chi connectivity index (χ1v) is 2.84. The maximum atomic E-state index is 12.0. The third-order valence-electron chi connectivity index (χ3n) is 1.11. The van der Waals surface area contributed by atoms with E-state index in [1.54, 1.807) is 0 Å². The average Bonchev–Trinajstić information content (AvgIpc) is 2.30. The first-order valence-electron chi connectivity index (χ1n) is 2.84. The van der Waals surface area contributed by atoms with Crippen LogP contribution in [0.5, 0.6) is 0 Å². The molecule has 0 spiro atoms. The number of hydrogen-bond acceptors (Lipinski definition) is 3. The van der Waals surface area contributed by atoms with E-state index in [0.717, 1.165) is 4.80 Å². The van der Waals surface area contributed by atoms with Crippen LogP contribution in [0.15, 0.2) is 0 Å². The molecule has 0 fully saturated rings. The first-order chi connectivity index (χ1) is 5.15. The van der Waals surface area contributed by atoms with E-state index in [2.05, 4.69) is 10.2 Å². The summed E-state index contributed by atoms with van der Waals surface area (Å²) in [5.41, 5.74) is -0.463. The third kappa shape index (κ3) is 1.34. The van der Waals surface area contributed by atoms with Crippen LogP contribution in [-0.2, 0) is 13.7 Å². The lowest BCUT2D eigenvalue weighted by molar-refractivity contribution is 0.0687. The average molecular weight is 159 g/mol. The van der Waals surface area contributed by atoms with Crippen molar-refractivity contribution in [3.05, 3.63) is 11.4 Å². The van der Waals surface area contributed by atoms with Gasteiger partial charge in [0.25, 0.3) is 0 Å². The number of aromatic nitrogens is 3. The molecule has 0 saturated heterocycles. The molecule has 0 bridgehead atoms. The molecule has 6 heteroatoms. The zero-order valence-corrected chi connectivity index (χ0v) is 5.78. The molecule has 1 N–H and O–H groups in total. The molecule has 5 nitrogen and oxygen atoms in total. The summed E-state index contributed by atoms with van der Waals surface area (Å²) in [4.78, 5) is 11.3. The Balaban J connectivity index is 3.12. The highest BCUT2D eigenvalue weighted by atomic mass is 19.1. The number of alkyl halides is 1. The monoisotopic (exact) mass is 159 g/mol. The maximum Gasteiger partial charge on any atom is 0.358 e. The number of halogens is 1. The number of nitrogens with zero attached hydrogens (tertiary/aromatic N) is 3. The topological polar surface area (TPSA) is 68.0 Å². The van der Waals surface area contributed by atoms with Crippen LogP contribution in [0.1, 0.15) is 16.2 Å². The van der Waals surface area contributed by atoms with E-state index in [9.17, 15) is 9.18 Å². The quantitative estimate of drug-likeness (QED) is 0.658. The number of rotatable bonds is 2. The second-order valence-electron chi connectivity index (χ2n) is 1.92. The van der Waals surface area contributed by atoms with Crippen molar-refractivity contribution in [1.29, 1.82) is 0 Å². The second kappa shape index (κ2) is 2.65. The van der Waals surface area contributed by atoms with Gasteiger partial charge in [0.05, 0.1) is 0 Å². The van der Waals surface area contributed by atoms with Gasteiger partial charge < -0.3 is 5.11 Å². The van der Waals surface area contributed by atoms with Gasteiger partial charge in [0.2, 0.25) is 0 Å². The lowest BCUT2D eigenvalue weighted by atomic mass is 10.3. The summed E-state index contributed by atoms with van der Waals surface area (Å²) in [6.07, 6.45) is 0. The number of aryl methyl sites for hydroxylation is 1. The minimum absolute atomic E-state index is 0.139. The van der Waals surface area contributed by atoms with Crippen LogP contribution in [-0.4, -0.2) is 26.1 Å². The van der Waals surface area contributed by atoms with Gasteiger partial charge in [-0.3, -0.25) is 0 Å². The fraction of sp³-hybridized carbons (Fsp3) is 0.400. The Bertz CT molecular complexity index is 283. The number of carboxylic acid groups (broad SMARTS) is 1. The second-order valence-corrected chi connectivity index (χ2v) is 1.92. The van der Waals surface area contributed by atoms with E-state index in [0.29, 0.717) is 0 Å². The van der Waals surface area contributed by atoms with E-state index < -0.39 is 12.6 Å². The molecule has 0 aliphatic rings. The lowest BCUT2D eigenvalue weighted by Crippen LogP contribution is -2.01. The van der Waals surface area contributed by atoms with Gasteiger partial charge in [0.15, 0.2) is 5.69 Å². The van der Waals surface area contributed by atoms with Crippen LogP contribution in [0.4, 0.5) is 4.39 Å². The highest BCUT2D eigenvalue weighted by Gasteiger charge is 2.15. The van der Waals surface area contributed by atoms with Crippen molar-refractivity contribution < 1.29 is 14.3 Å². The highest BCUT2D eigenvalue weighted by Crippen LogP contribution is 2.02. The van der Waals surface area contributed by atoms with Gasteiger partial charge in [0.1, 0.15) is 12.4 Å². The van der Waals surface area contributed by atoms with Crippen LogP contribution in [0.25, 0.3) is 0 Å². The van der Waals surface area contributed by atoms with Crippen molar-refractivity contribution in [2.24, 2.45) is 7.05 Å². The molecule has 1 rings (SSSR count).